The first-order valence-electron chi connectivity index (χ1n) is 7.46. The molecule has 2 nitrogen and oxygen atoms in total. The molecule has 1 saturated heterocycles. The maximum absolute atomic E-state index is 3.83. The largest absolute Gasteiger partial charge is 0.310 e. The number of nitrogens with one attached hydrogen (secondary N) is 1. The highest BCUT2D eigenvalue weighted by Crippen LogP contribution is 2.35. The fourth-order valence-electron chi connectivity index (χ4n) is 3.13. The van der Waals surface area contributed by atoms with Crippen LogP contribution in [-0.4, -0.2) is 37.3 Å². The number of piperidine rings is 1. The number of likely N-dealkylation sites (tertiary alicyclic amines) is 1. The molecule has 0 spiro atoms. The molecule has 1 N–H and O–H groups in total. The average Bonchev–Trinajstić information content (AvgIpc) is 2.47. The topological polar surface area (TPSA) is 15.3 Å². The monoisotopic (exact) mass is 276 g/mol. The number of hydrogen-bond acceptors (Lipinski definition) is 3. The van der Waals surface area contributed by atoms with E-state index in [0.29, 0.717) is 6.04 Å². The summed E-state index contributed by atoms with van der Waals surface area (Å²) in [7, 11) is 2.23. The molecule has 2 aliphatic rings. The Labute approximate surface area is 121 Å². The van der Waals surface area contributed by atoms with Crippen LogP contribution < -0.4 is 5.32 Å². The van der Waals surface area contributed by atoms with E-state index in [1.165, 1.54) is 55.1 Å². The zero-order valence-corrected chi connectivity index (χ0v) is 12.6. The van der Waals surface area contributed by atoms with Gasteiger partial charge in [-0.3, -0.25) is 0 Å². The number of fused-ring (bicyclic) bond motifs is 1. The molecule has 1 fully saturated rings. The number of thioether (sulfide) groups is 1. The summed E-state index contributed by atoms with van der Waals surface area (Å²) in [6.07, 6.45) is 3.98. The van der Waals surface area contributed by atoms with E-state index in [2.05, 4.69) is 41.5 Å². The SMILES string of the molecule is CN1CCC(CNC2CCSc3ccccc32)CC1. The smallest absolute Gasteiger partial charge is 0.0339 e. The summed E-state index contributed by atoms with van der Waals surface area (Å²) in [6, 6.07) is 9.48. The van der Waals surface area contributed by atoms with Gasteiger partial charge in [0.15, 0.2) is 0 Å². The van der Waals surface area contributed by atoms with Crippen LogP contribution in [0.25, 0.3) is 0 Å². The molecule has 3 heteroatoms. The molecule has 0 amide bonds. The van der Waals surface area contributed by atoms with E-state index >= 15 is 0 Å². The highest BCUT2D eigenvalue weighted by Gasteiger charge is 2.22. The van der Waals surface area contributed by atoms with Gasteiger partial charge in [-0.05, 0) is 69.2 Å². The van der Waals surface area contributed by atoms with Gasteiger partial charge < -0.3 is 10.2 Å². The van der Waals surface area contributed by atoms with Crippen LogP contribution in [0.2, 0.25) is 0 Å². The third kappa shape index (κ3) is 3.33. The first-order valence-corrected chi connectivity index (χ1v) is 8.45. The molecule has 1 aromatic rings. The van der Waals surface area contributed by atoms with E-state index in [1.54, 1.807) is 0 Å². The van der Waals surface area contributed by atoms with Gasteiger partial charge in [0.1, 0.15) is 0 Å². The van der Waals surface area contributed by atoms with Gasteiger partial charge in [0, 0.05) is 10.9 Å². The number of rotatable bonds is 3. The van der Waals surface area contributed by atoms with Crippen molar-refractivity contribution in [2.75, 3.05) is 32.4 Å². The average molecular weight is 276 g/mol. The van der Waals surface area contributed by atoms with Crippen molar-refractivity contribution in [1.82, 2.24) is 10.2 Å². The van der Waals surface area contributed by atoms with Crippen molar-refractivity contribution in [1.29, 1.82) is 0 Å². The summed E-state index contributed by atoms with van der Waals surface area (Å²) in [5.41, 5.74) is 1.52. The first-order chi connectivity index (χ1) is 9.33. The molecule has 0 bridgehead atoms. The van der Waals surface area contributed by atoms with Crippen LogP contribution in [0.3, 0.4) is 0 Å². The van der Waals surface area contributed by atoms with E-state index in [9.17, 15) is 0 Å². The molecular weight excluding hydrogens is 252 g/mol. The summed E-state index contributed by atoms with van der Waals surface area (Å²) >= 11 is 2.01. The van der Waals surface area contributed by atoms with Crippen LogP contribution in [-0.2, 0) is 0 Å². The number of nitrogens with zero attached hydrogens (tertiary/aromatic N) is 1. The molecule has 1 unspecified atom stereocenters. The lowest BCUT2D eigenvalue weighted by molar-refractivity contribution is 0.212. The Hall–Kier alpha value is -0.510. The zero-order valence-electron chi connectivity index (χ0n) is 11.8. The van der Waals surface area contributed by atoms with E-state index in [-0.39, 0.29) is 0 Å². The van der Waals surface area contributed by atoms with Crippen LogP contribution in [0.4, 0.5) is 0 Å². The fraction of sp³-hybridized carbons (Fsp3) is 0.625. The summed E-state index contributed by atoms with van der Waals surface area (Å²) in [6.45, 7) is 3.73. The van der Waals surface area contributed by atoms with Gasteiger partial charge in [0.05, 0.1) is 0 Å². The lowest BCUT2D eigenvalue weighted by atomic mass is 9.96. The molecule has 1 aromatic carbocycles. The van der Waals surface area contributed by atoms with Crippen LogP contribution in [0.1, 0.15) is 30.9 Å². The fourth-order valence-corrected chi connectivity index (χ4v) is 4.25. The van der Waals surface area contributed by atoms with Crippen molar-refractivity contribution in [2.45, 2.75) is 30.2 Å². The maximum Gasteiger partial charge on any atom is 0.0339 e. The van der Waals surface area contributed by atoms with Gasteiger partial charge in [-0.15, -0.1) is 11.8 Å². The van der Waals surface area contributed by atoms with E-state index < -0.39 is 0 Å². The maximum atomic E-state index is 3.83. The van der Waals surface area contributed by atoms with Crippen molar-refractivity contribution in [2.24, 2.45) is 5.92 Å². The zero-order chi connectivity index (χ0) is 13.1. The molecule has 2 heterocycles. The molecule has 3 rings (SSSR count). The molecule has 19 heavy (non-hydrogen) atoms. The van der Waals surface area contributed by atoms with E-state index in [4.69, 9.17) is 0 Å². The van der Waals surface area contributed by atoms with Gasteiger partial charge in [-0.1, -0.05) is 18.2 Å². The third-order valence-corrected chi connectivity index (χ3v) is 5.57. The van der Waals surface area contributed by atoms with E-state index in [0.717, 1.165) is 5.92 Å². The van der Waals surface area contributed by atoms with Gasteiger partial charge in [0.25, 0.3) is 0 Å². The quantitative estimate of drug-likeness (QED) is 0.913. The standard InChI is InChI=1S/C16H24N2S/c1-18-9-6-13(7-10-18)12-17-15-8-11-19-16-5-3-2-4-14(15)16/h2-5,13,15,17H,6-12H2,1H3. The Kier molecular flexibility index (Phi) is 4.46. The Morgan fingerprint density at radius 2 is 2.00 bits per heavy atom. The van der Waals surface area contributed by atoms with Gasteiger partial charge in [-0.25, -0.2) is 0 Å². The van der Waals surface area contributed by atoms with E-state index in [1.807, 2.05) is 11.8 Å². The number of hydrogen-bond donors (Lipinski definition) is 1. The Morgan fingerprint density at radius 1 is 1.21 bits per heavy atom. The van der Waals surface area contributed by atoms with Crippen molar-refractivity contribution >= 4 is 11.8 Å². The summed E-state index contributed by atoms with van der Waals surface area (Å²) < 4.78 is 0. The Balaban J connectivity index is 1.56. The molecule has 0 aromatic heterocycles. The highest BCUT2D eigenvalue weighted by atomic mass is 32.2. The highest BCUT2D eigenvalue weighted by molar-refractivity contribution is 7.99. The van der Waals surface area contributed by atoms with Crippen LogP contribution in [0.15, 0.2) is 29.2 Å². The normalized spacial score (nSPS) is 25.2. The second-order valence-electron chi connectivity index (χ2n) is 5.88. The molecule has 0 saturated carbocycles. The second-order valence-corrected chi connectivity index (χ2v) is 7.02. The Bertz CT molecular complexity index is 413. The molecule has 0 radical (unpaired) electrons. The predicted octanol–water partition coefficient (Wildman–Crippen LogP) is 3.15. The summed E-state index contributed by atoms with van der Waals surface area (Å²) in [5, 5.41) is 3.83. The molecular formula is C16H24N2S. The summed E-state index contributed by atoms with van der Waals surface area (Å²) in [5.74, 6) is 2.13. The lowest BCUT2D eigenvalue weighted by Crippen LogP contribution is -2.36. The Morgan fingerprint density at radius 3 is 2.84 bits per heavy atom. The first kappa shape index (κ1) is 13.5. The van der Waals surface area contributed by atoms with Crippen molar-refractivity contribution < 1.29 is 0 Å². The van der Waals surface area contributed by atoms with Gasteiger partial charge in [-0.2, -0.15) is 0 Å². The predicted molar refractivity (Wildman–Crippen MR) is 82.7 cm³/mol. The van der Waals surface area contributed by atoms with Crippen LogP contribution in [0, 0.1) is 5.92 Å². The van der Waals surface area contributed by atoms with Crippen LogP contribution >= 0.6 is 11.8 Å². The van der Waals surface area contributed by atoms with Crippen molar-refractivity contribution in [3.8, 4) is 0 Å². The molecule has 2 aliphatic heterocycles. The van der Waals surface area contributed by atoms with Crippen molar-refractivity contribution in [3.63, 3.8) is 0 Å². The molecule has 0 aliphatic carbocycles. The van der Waals surface area contributed by atoms with Crippen molar-refractivity contribution in [3.05, 3.63) is 29.8 Å². The minimum Gasteiger partial charge on any atom is -0.310 e. The second kappa shape index (κ2) is 6.29. The lowest BCUT2D eigenvalue weighted by Gasteiger charge is -2.32. The number of benzene rings is 1. The molecule has 1 atom stereocenters. The third-order valence-electron chi connectivity index (χ3n) is 4.45. The van der Waals surface area contributed by atoms with Gasteiger partial charge in [0.2, 0.25) is 0 Å². The van der Waals surface area contributed by atoms with Gasteiger partial charge >= 0.3 is 0 Å². The molecule has 104 valence electrons. The minimum absolute atomic E-state index is 0.581. The van der Waals surface area contributed by atoms with Crippen LogP contribution in [0.5, 0.6) is 0 Å². The summed E-state index contributed by atoms with van der Waals surface area (Å²) in [4.78, 5) is 3.93. The minimum atomic E-state index is 0.581.